The first-order chi connectivity index (χ1) is 30.2. The van der Waals surface area contributed by atoms with Gasteiger partial charge in [-0.25, -0.2) is 13.1 Å². The molecular formula is C46H56ClN9O6S. The first-order valence-corrected chi connectivity index (χ1v) is 23.5. The molecule has 0 saturated carbocycles. The molecular weight excluding hydrogens is 842 g/mol. The van der Waals surface area contributed by atoms with E-state index in [1.165, 1.54) is 28.8 Å². The lowest BCUT2D eigenvalue weighted by atomic mass is 9.72. The Morgan fingerprint density at radius 1 is 1.00 bits per heavy atom. The van der Waals surface area contributed by atoms with Gasteiger partial charge in [0.2, 0.25) is 0 Å². The lowest BCUT2D eigenvalue weighted by Gasteiger charge is -2.39. The van der Waals surface area contributed by atoms with Crippen molar-refractivity contribution in [2.24, 2.45) is 17.1 Å². The number of carbonyl (C=O) groups is 1. The topological polar surface area (TPSA) is 196 Å². The van der Waals surface area contributed by atoms with E-state index in [2.05, 4.69) is 61.8 Å². The first-order valence-electron chi connectivity index (χ1n) is 21.6. The second-order valence-corrected chi connectivity index (χ2v) is 19.8. The van der Waals surface area contributed by atoms with Crippen LogP contribution >= 0.6 is 11.6 Å². The van der Waals surface area contributed by atoms with E-state index < -0.39 is 31.4 Å². The van der Waals surface area contributed by atoms with E-state index in [4.69, 9.17) is 22.1 Å². The number of rotatable bonds is 12. The maximum absolute atomic E-state index is 14.3. The van der Waals surface area contributed by atoms with E-state index in [0.29, 0.717) is 55.5 Å². The average molecular weight is 899 g/mol. The van der Waals surface area contributed by atoms with Gasteiger partial charge in [0.1, 0.15) is 11.5 Å². The molecule has 5 aliphatic rings. The summed E-state index contributed by atoms with van der Waals surface area (Å²) in [6, 6.07) is 17.3. The van der Waals surface area contributed by atoms with Crippen molar-refractivity contribution in [3.63, 3.8) is 0 Å². The monoisotopic (exact) mass is 897 g/mol. The van der Waals surface area contributed by atoms with Gasteiger partial charge in [-0.3, -0.25) is 19.8 Å². The van der Waals surface area contributed by atoms with Crippen LogP contribution < -0.4 is 36.6 Å². The SMILES string of the molecule is CC1(C)CCC(CN2CCN(c3ccc(C(=O)NS(=O)(=O)c4ccc(NCC5CCOCC5)c([N+](=O)[O-])c4)c(C4=C5NC=C(N)NC5=CNCC4)c3)CC2)=C(c2ccc(Cl)cc2)C1. The van der Waals surface area contributed by atoms with Crippen molar-refractivity contribution < 1.29 is 22.9 Å². The molecule has 0 bridgehead atoms. The number of sulfonamides is 1. The molecule has 63 heavy (non-hydrogen) atoms. The smallest absolute Gasteiger partial charge is 0.293 e. The molecule has 0 spiro atoms. The number of piperazine rings is 1. The Kier molecular flexibility index (Phi) is 13.1. The Hall–Kier alpha value is -5.55. The fraction of sp³-hybridized carbons (Fsp3) is 0.413. The highest BCUT2D eigenvalue weighted by Gasteiger charge is 2.31. The van der Waals surface area contributed by atoms with Crippen LogP contribution in [0.25, 0.3) is 11.1 Å². The van der Waals surface area contributed by atoms with E-state index in [0.717, 1.165) is 87.2 Å². The summed E-state index contributed by atoms with van der Waals surface area (Å²) >= 11 is 6.26. The number of nitro groups is 1. The number of fused-ring (bicyclic) bond motifs is 1. The zero-order valence-electron chi connectivity index (χ0n) is 35.8. The van der Waals surface area contributed by atoms with Crippen molar-refractivity contribution in [3.8, 4) is 0 Å². The minimum atomic E-state index is -4.55. The van der Waals surface area contributed by atoms with Crippen molar-refractivity contribution in [1.82, 2.24) is 25.6 Å². The van der Waals surface area contributed by atoms with Gasteiger partial charge in [0, 0.05) is 93.8 Å². The van der Waals surface area contributed by atoms with E-state index >= 15 is 0 Å². The standard InChI is InChI=1S/C46H56ClN9O6S/c1-46(2)15-11-32(39(25-46)31-3-5-33(47)6-4-31)29-54-17-19-55(20-18-54)34-7-9-37(38(23-34)36-12-16-49-27-41-44(36)51-28-43(48)52-41)45(57)53-63(60,61)35-8-10-40(42(24-35)56(58)59)50-26-30-13-21-62-22-14-30/h3-10,23-24,27-28,30,49-52H,11-22,25-26,29,48H2,1-2H3,(H,53,57). The molecule has 2 saturated heterocycles. The zero-order valence-corrected chi connectivity index (χ0v) is 37.3. The molecule has 0 atom stereocenters. The highest BCUT2D eigenvalue weighted by atomic mass is 35.5. The highest BCUT2D eigenvalue weighted by Crippen LogP contribution is 2.43. The van der Waals surface area contributed by atoms with Crippen LogP contribution in [-0.4, -0.2) is 83.2 Å². The molecule has 4 aliphatic heterocycles. The summed E-state index contributed by atoms with van der Waals surface area (Å²) in [5, 5.41) is 25.8. The molecule has 15 nitrogen and oxygen atoms in total. The van der Waals surface area contributed by atoms with Crippen molar-refractivity contribution in [2.75, 3.05) is 69.2 Å². The number of amides is 1. The van der Waals surface area contributed by atoms with Crippen molar-refractivity contribution in [3.05, 3.63) is 128 Å². The fourth-order valence-corrected chi connectivity index (χ4v) is 10.2. The number of hydrogen-bond acceptors (Lipinski definition) is 13. The number of nitrogens with two attached hydrogens (primary N) is 1. The molecule has 4 heterocycles. The van der Waals surface area contributed by atoms with Gasteiger partial charge in [-0.2, -0.15) is 0 Å². The number of ether oxygens (including phenoxy) is 1. The number of benzene rings is 3. The quantitative estimate of drug-likeness (QED) is 0.0854. The molecule has 17 heteroatoms. The van der Waals surface area contributed by atoms with Crippen molar-refractivity contribution in [1.29, 1.82) is 0 Å². The number of carbonyl (C=O) groups excluding carboxylic acids is 1. The second kappa shape index (κ2) is 18.7. The molecule has 3 aromatic carbocycles. The third-order valence-electron chi connectivity index (χ3n) is 12.7. The van der Waals surface area contributed by atoms with Gasteiger partial charge in [0.15, 0.2) is 0 Å². The summed E-state index contributed by atoms with van der Waals surface area (Å²) in [6.07, 6.45) is 8.82. The van der Waals surface area contributed by atoms with Gasteiger partial charge in [-0.1, -0.05) is 43.2 Å². The molecule has 8 rings (SSSR count). The van der Waals surface area contributed by atoms with Crippen LogP contribution in [0.3, 0.4) is 0 Å². The molecule has 0 radical (unpaired) electrons. The minimum absolute atomic E-state index is 0.139. The molecule has 1 aliphatic carbocycles. The predicted molar refractivity (Wildman–Crippen MR) is 247 cm³/mol. The number of allylic oxidation sites excluding steroid dienone is 1. The molecule has 3 aromatic rings. The van der Waals surface area contributed by atoms with Crippen LogP contribution in [0.1, 0.15) is 73.9 Å². The van der Waals surface area contributed by atoms with Crippen LogP contribution in [-0.2, 0) is 14.8 Å². The van der Waals surface area contributed by atoms with Crippen LogP contribution in [0.4, 0.5) is 17.1 Å². The third-order valence-corrected chi connectivity index (χ3v) is 14.3. The average Bonchev–Trinajstić information content (AvgIpc) is 3.48. The second-order valence-electron chi connectivity index (χ2n) is 17.7. The Bertz CT molecular complexity index is 2490. The number of nitrogens with one attached hydrogen (secondary N) is 5. The summed E-state index contributed by atoms with van der Waals surface area (Å²) in [5.41, 5.74) is 14.0. The van der Waals surface area contributed by atoms with E-state index in [9.17, 15) is 23.3 Å². The molecule has 7 N–H and O–H groups in total. The fourth-order valence-electron chi connectivity index (χ4n) is 9.10. The number of hydrogen-bond donors (Lipinski definition) is 6. The predicted octanol–water partition coefficient (Wildman–Crippen LogP) is 6.49. The minimum Gasteiger partial charge on any atom is -0.389 e. The summed E-state index contributed by atoms with van der Waals surface area (Å²) in [4.78, 5) is 30.2. The summed E-state index contributed by atoms with van der Waals surface area (Å²) in [5.74, 6) is -0.172. The van der Waals surface area contributed by atoms with E-state index in [1.54, 1.807) is 12.3 Å². The van der Waals surface area contributed by atoms with Gasteiger partial charge in [0.05, 0.1) is 21.2 Å². The lowest BCUT2D eigenvalue weighted by Crippen LogP contribution is -2.47. The van der Waals surface area contributed by atoms with Crippen LogP contribution in [0.5, 0.6) is 0 Å². The first kappa shape index (κ1) is 44.1. The van der Waals surface area contributed by atoms with Gasteiger partial charge in [-0.15, -0.1) is 0 Å². The largest absolute Gasteiger partial charge is 0.389 e. The van der Waals surface area contributed by atoms with Crippen LogP contribution in [0.15, 0.2) is 101 Å². The summed E-state index contributed by atoms with van der Waals surface area (Å²) in [7, 11) is -4.55. The van der Waals surface area contributed by atoms with Crippen molar-refractivity contribution >= 4 is 55.7 Å². The number of halogens is 1. The molecule has 334 valence electrons. The normalized spacial score (nSPS) is 19.7. The molecule has 1 amide bonds. The maximum atomic E-state index is 14.3. The Balaban J connectivity index is 1.05. The van der Waals surface area contributed by atoms with Crippen molar-refractivity contribution in [2.45, 2.75) is 57.3 Å². The Labute approximate surface area is 374 Å². The zero-order chi connectivity index (χ0) is 44.3. The van der Waals surface area contributed by atoms with Crippen LogP contribution in [0.2, 0.25) is 5.02 Å². The third kappa shape index (κ3) is 10.3. The van der Waals surface area contributed by atoms with Gasteiger partial charge in [-0.05, 0) is 115 Å². The Morgan fingerprint density at radius 2 is 1.76 bits per heavy atom. The Morgan fingerprint density at radius 3 is 2.51 bits per heavy atom. The molecule has 2 fully saturated rings. The van der Waals surface area contributed by atoms with Gasteiger partial charge in [0.25, 0.3) is 21.6 Å². The van der Waals surface area contributed by atoms with E-state index in [-0.39, 0.29) is 22.6 Å². The lowest BCUT2D eigenvalue weighted by molar-refractivity contribution is -0.384. The highest BCUT2D eigenvalue weighted by molar-refractivity contribution is 7.90. The summed E-state index contributed by atoms with van der Waals surface area (Å²) in [6.45, 7) is 11.1. The molecule has 0 unspecified atom stereocenters. The molecule has 0 aromatic heterocycles. The van der Waals surface area contributed by atoms with E-state index in [1.807, 2.05) is 30.5 Å². The van der Waals surface area contributed by atoms with Gasteiger partial charge < -0.3 is 36.6 Å². The number of nitro benzene ring substituents is 1. The number of anilines is 2. The number of nitrogens with zero attached hydrogens (tertiary/aromatic N) is 3. The van der Waals surface area contributed by atoms with Gasteiger partial charge >= 0.3 is 0 Å². The maximum Gasteiger partial charge on any atom is 0.293 e. The van der Waals surface area contributed by atoms with Crippen LogP contribution in [0, 0.1) is 21.4 Å². The summed E-state index contributed by atoms with van der Waals surface area (Å²) < 4.78 is 35.4.